The zero-order valence-electron chi connectivity index (χ0n) is 13.5. The van der Waals surface area contributed by atoms with Crippen molar-refractivity contribution >= 4 is 29.5 Å². The van der Waals surface area contributed by atoms with Crippen LogP contribution in [0.25, 0.3) is 0 Å². The summed E-state index contributed by atoms with van der Waals surface area (Å²) in [5.41, 5.74) is 0.866. The van der Waals surface area contributed by atoms with Crippen LogP contribution < -0.4 is 10.6 Å². The van der Waals surface area contributed by atoms with Gasteiger partial charge in [-0.15, -0.1) is 0 Å². The number of benzene rings is 1. The zero-order chi connectivity index (χ0) is 17.1. The van der Waals surface area contributed by atoms with Gasteiger partial charge in [0.15, 0.2) is 0 Å². The van der Waals surface area contributed by atoms with Gasteiger partial charge in [0, 0.05) is 13.5 Å². The smallest absolute Gasteiger partial charge is 0.242 e. The van der Waals surface area contributed by atoms with E-state index >= 15 is 0 Å². The Morgan fingerprint density at radius 1 is 1.41 bits per heavy atom. The number of carbonyl (C=O) groups excluding carboxylic acids is 2. The lowest BCUT2D eigenvalue weighted by atomic mass is 10.1. The summed E-state index contributed by atoms with van der Waals surface area (Å²) in [4.78, 5) is 22.1. The normalized spacial score (nSPS) is 11.0. The highest BCUT2D eigenvalue weighted by atomic mass is 35.5. The number of nitrogens with one attached hydrogen (secondary N) is 2. The van der Waals surface area contributed by atoms with Gasteiger partial charge in [0.05, 0.1) is 10.7 Å². The third-order valence-corrected chi connectivity index (χ3v) is 3.30. The second kappa shape index (κ2) is 11.0. The molecule has 0 radical (unpaired) electrons. The summed E-state index contributed by atoms with van der Waals surface area (Å²) in [5.74, 6) is -0.645. The molecule has 1 atom stereocenters. The Balaban J connectivity index is 0.00000211. The molecule has 1 rings (SSSR count). The van der Waals surface area contributed by atoms with Gasteiger partial charge in [-0.1, -0.05) is 32.4 Å². The van der Waals surface area contributed by atoms with Crippen LogP contribution in [0.2, 0.25) is 5.02 Å². The fourth-order valence-electron chi connectivity index (χ4n) is 1.84. The Kier molecular flexibility index (Phi) is 10.2. The Morgan fingerprint density at radius 3 is 2.55 bits per heavy atom. The molecule has 6 heteroatoms. The SMILES string of the molecule is CC.CCc1cc(Cl)c(NC(CCC=O)C(=O)NC)cc1F. The number of aryl methyl sites for hydroxylation is 1. The number of aldehydes is 1. The molecule has 0 aliphatic carbocycles. The molecule has 0 bridgehead atoms. The summed E-state index contributed by atoms with van der Waals surface area (Å²) in [6.07, 6.45) is 1.82. The molecule has 1 aromatic rings. The van der Waals surface area contributed by atoms with E-state index < -0.39 is 6.04 Å². The Labute approximate surface area is 136 Å². The van der Waals surface area contributed by atoms with Gasteiger partial charge in [0.1, 0.15) is 18.1 Å². The molecular formula is C16H24ClFN2O2. The minimum absolute atomic E-state index is 0.234. The van der Waals surface area contributed by atoms with Crippen molar-refractivity contribution in [3.63, 3.8) is 0 Å². The third kappa shape index (κ3) is 6.02. The molecule has 1 aromatic carbocycles. The van der Waals surface area contributed by atoms with E-state index in [0.717, 1.165) is 6.29 Å². The maximum absolute atomic E-state index is 13.8. The first-order valence-electron chi connectivity index (χ1n) is 7.43. The molecule has 0 saturated carbocycles. The zero-order valence-corrected chi connectivity index (χ0v) is 14.3. The van der Waals surface area contributed by atoms with E-state index in [-0.39, 0.29) is 18.1 Å². The van der Waals surface area contributed by atoms with E-state index in [1.165, 1.54) is 13.1 Å². The van der Waals surface area contributed by atoms with E-state index in [2.05, 4.69) is 10.6 Å². The molecule has 1 unspecified atom stereocenters. The molecule has 0 aliphatic rings. The van der Waals surface area contributed by atoms with Crippen molar-refractivity contribution in [3.05, 3.63) is 28.5 Å². The molecule has 0 aromatic heterocycles. The third-order valence-electron chi connectivity index (χ3n) is 2.98. The number of amides is 1. The highest BCUT2D eigenvalue weighted by Gasteiger charge is 2.18. The minimum atomic E-state index is -0.630. The number of carbonyl (C=O) groups is 2. The van der Waals surface area contributed by atoms with Gasteiger partial charge in [-0.05, 0) is 30.5 Å². The van der Waals surface area contributed by atoms with Crippen LogP contribution in [0.1, 0.15) is 39.2 Å². The van der Waals surface area contributed by atoms with E-state index in [1.54, 1.807) is 6.07 Å². The number of anilines is 1. The molecule has 0 spiro atoms. The summed E-state index contributed by atoms with van der Waals surface area (Å²) in [5, 5.41) is 5.73. The van der Waals surface area contributed by atoms with Crippen LogP contribution in [0.4, 0.5) is 10.1 Å². The molecular weight excluding hydrogens is 307 g/mol. The standard InChI is InChI=1S/C14H18ClFN2O2.C2H6/c1-3-9-7-10(15)13(8-11(9)16)18-12(5-4-6-19)14(20)17-2;1-2/h6-8,12,18H,3-5H2,1-2H3,(H,17,20);1-2H3. The first-order chi connectivity index (χ1) is 10.5. The van der Waals surface area contributed by atoms with Crippen molar-refractivity contribution in [2.75, 3.05) is 12.4 Å². The molecule has 0 aliphatic heterocycles. The summed E-state index contributed by atoms with van der Waals surface area (Å²) in [7, 11) is 1.50. The second-order valence-electron chi connectivity index (χ2n) is 4.33. The highest BCUT2D eigenvalue weighted by molar-refractivity contribution is 6.33. The van der Waals surface area contributed by atoms with Gasteiger partial charge in [-0.3, -0.25) is 4.79 Å². The van der Waals surface area contributed by atoms with E-state index in [1.807, 2.05) is 20.8 Å². The average Bonchev–Trinajstić information content (AvgIpc) is 2.55. The van der Waals surface area contributed by atoms with Crippen LogP contribution in [0.3, 0.4) is 0 Å². The predicted molar refractivity (Wildman–Crippen MR) is 88.9 cm³/mol. The quantitative estimate of drug-likeness (QED) is 0.751. The molecule has 0 fully saturated rings. The van der Waals surface area contributed by atoms with Gasteiger partial charge < -0.3 is 15.4 Å². The molecule has 4 nitrogen and oxygen atoms in total. The minimum Gasteiger partial charge on any atom is -0.372 e. The summed E-state index contributed by atoms with van der Waals surface area (Å²) in [6, 6.07) is 2.19. The van der Waals surface area contributed by atoms with E-state index in [9.17, 15) is 14.0 Å². The van der Waals surface area contributed by atoms with Crippen LogP contribution in [-0.2, 0) is 16.0 Å². The van der Waals surface area contributed by atoms with Crippen LogP contribution in [0, 0.1) is 5.82 Å². The van der Waals surface area contributed by atoms with Gasteiger partial charge in [-0.25, -0.2) is 4.39 Å². The van der Waals surface area contributed by atoms with Crippen molar-refractivity contribution in [2.45, 2.75) is 46.1 Å². The van der Waals surface area contributed by atoms with Crippen molar-refractivity contribution < 1.29 is 14.0 Å². The summed E-state index contributed by atoms with van der Waals surface area (Å²) in [6.45, 7) is 5.83. The van der Waals surface area contributed by atoms with E-state index in [0.29, 0.717) is 29.1 Å². The highest BCUT2D eigenvalue weighted by Crippen LogP contribution is 2.27. The first kappa shape index (κ1) is 20.4. The second-order valence-corrected chi connectivity index (χ2v) is 4.74. The van der Waals surface area contributed by atoms with Crippen LogP contribution in [0.5, 0.6) is 0 Å². The maximum Gasteiger partial charge on any atom is 0.242 e. The lowest BCUT2D eigenvalue weighted by Crippen LogP contribution is -2.37. The number of likely N-dealkylation sites (N-methyl/N-ethyl adjacent to an activating group) is 1. The maximum atomic E-state index is 13.8. The number of hydrogen-bond acceptors (Lipinski definition) is 3. The average molecular weight is 331 g/mol. The number of halogens is 2. The summed E-state index contributed by atoms with van der Waals surface area (Å²) < 4.78 is 13.8. The van der Waals surface area contributed by atoms with Gasteiger partial charge in [0.25, 0.3) is 0 Å². The molecule has 0 heterocycles. The van der Waals surface area contributed by atoms with Crippen molar-refractivity contribution in [2.24, 2.45) is 0 Å². The molecule has 1 amide bonds. The predicted octanol–water partition coefficient (Wildman–Crippen LogP) is 3.57. The molecule has 124 valence electrons. The fourth-order valence-corrected chi connectivity index (χ4v) is 2.08. The van der Waals surface area contributed by atoms with Gasteiger partial charge in [0.2, 0.25) is 5.91 Å². The number of rotatable bonds is 7. The lowest BCUT2D eigenvalue weighted by Gasteiger charge is -2.19. The van der Waals surface area contributed by atoms with Gasteiger partial charge in [-0.2, -0.15) is 0 Å². The Hall–Kier alpha value is -1.62. The summed E-state index contributed by atoms with van der Waals surface area (Å²) >= 11 is 6.08. The Morgan fingerprint density at radius 2 is 2.05 bits per heavy atom. The molecule has 2 N–H and O–H groups in total. The fraction of sp³-hybridized carbons (Fsp3) is 0.500. The molecule has 0 saturated heterocycles. The van der Waals surface area contributed by atoms with Gasteiger partial charge >= 0.3 is 0 Å². The monoisotopic (exact) mass is 330 g/mol. The van der Waals surface area contributed by atoms with Crippen LogP contribution >= 0.6 is 11.6 Å². The largest absolute Gasteiger partial charge is 0.372 e. The van der Waals surface area contributed by atoms with Crippen LogP contribution in [0.15, 0.2) is 12.1 Å². The first-order valence-corrected chi connectivity index (χ1v) is 7.80. The Bertz CT molecular complexity index is 495. The van der Waals surface area contributed by atoms with Crippen molar-refractivity contribution in [1.82, 2.24) is 5.32 Å². The number of hydrogen-bond donors (Lipinski definition) is 2. The van der Waals surface area contributed by atoms with E-state index in [4.69, 9.17) is 11.6 Å². The van der Waals surface area contributed by atoms with Crippen molar-refractivity contribution in [3.8, 4) is 0 Å². The van der Waals surface area contributed by atoms with Crippen LogP contribution in [-0.4, -0.2) is 25.3 Å². The topological polar surface area (TPSA) is 58.2 Å². The molecule has 22 heavy (non-hydrogen) atoms. The lowest BCUT2D eigenvalue weighted by molar-refractivity contribution is -0.121. The van der Waals surface area contributed by atoms with Crippen molar-refractivity contribution in [1.29, 1.82) is 0 Å².